The van der Waals surface area contributed by atoms with Crippen molar-refractivity contribution in [3.63, 3.8) is 0 Å². The van der Waals surface area contributed by atoms with E-state index in [1.165, 1.54) is 5.56 Å². The van der Waals surface area contributed by atoms with Crippen molar-refractivity contribution in [3.05, 3.63) is 59.2 Å². The third kappa shape index (κ3) is 5.76. The zero-order valence-corrected chi connectivity index (χ0v) is 18.9. The highest BCUT2D eigenvalue weighted by Gasteiger charge is 2.26. The molecule has 1 saturated heterocycles. The van der Waals surface area contributed by atoms with Crippen LogP contribution < -0.4 is 15.2 Å². The highest BCUT2D eigenvalue weighted by molar-refractivity contribution is 5.77. The SMILES string of the molecule is CCOC(=O)C(Oc1ccc2c(c1)CN(C(=N)N)CC2)c1ccc(OC2CCOCC2)cc1. The first kappa shape index (κ1) is 22.9. The molecule has 0 saturated carbocycles. The predicted molar refractivity (Wildman–Crippen MR) is 123 cm³/mol. The second-order valence-corrected chi connectivity index (χ2v) is 8.24. The number of guanidine groups is 1. The molecule has 4 rings (SSSR count). The molecule has 8 nitrogen and oxygen atoms in total. The number of carbonyl (C=O) groups is 1. The summed E-state index contributed by atoms with van der Waals surface area (Å²) >= 11 is 0. The van der Waals surface area contributed by atoms with Crippen LogP contribution in [-0.2, 0) is 27.2 Å². The average Bonchev–Trinajstić information content (AvgIpc) is 2.83. The number of benzene rings is 2. The van der Waals surface area contributed by atoms with E-state index in [-0.39, 0.29) is 18.7 Å². The van der Waals surface area contributed by atoms with Gasteiger partial charge in [-0.25, -0.2) is 4.79 Å². The number of nitrogens with two attached hydrogens (primary N) is 1. The number of hydrogen-bond donors (Lipinski definition) is 2. The molecule has 0 aliphatic carbocycles. The second-order valence-electron chi connectivity index (χ2n) is 8.24. The largest absolute Gasteiger partial charge is 0.490 e. The topological polar surface area (TPSA) is 107 Å². The molecular weight excluding hydrogens is 422 g/mol. The van der Waals surface area contributed by atoms with Gasteiger partial charge in [-0.2, -0.15) is 0 Å². The molecular formula is C25H31N3O5. The highest BCUT2D eigenvalue weighted by atomic mass is 16.6. The van der Waals surface area contributed by atoms with Crippen LogP contribution in [0.25, 0.3) is 0 Å². The molecule has 0 radical (unpaired) electrons. The van der Waals surface area contributed by atoms with Crippen LogP contribution in [0, 0.1) is 5.41 Å². The van der Waals surface area contributed by atoms with Crippen molar-refractivity contribution in [3.8, 4) is 11.5 Å². The summed E-state index contributed by atoms with van der Waals surface area (Å²) in [5.41, 5.74) is 8.59. The van der Waals surface area contributed by atoms with Crippen LogP contribution in [-0.4, -0.2) is 49.3 Å². The standard InChI is InChI=1S/C25H31N3O5/c1-2-31-24(29)23(18-4-6-20(7-5-18)32-21-10-13-30-14-11-21)33-22-8-3-17-9-12-28(25(26)27)16-19(17)15-22/h3-8,15,21,23H,2,9-14,16H2,1H3,(H3,26,27). The van der Waals surface area contributed by atoms with Gasteiger partial charge in [0.05, 0.1) is 19.8 Å². The zero-order valence-electron chi connectivity index (χ0n) is 18.9. The molecule has 2 aromatic carbocycles. The number of rotatable bonds is 7. The molecule has 33 heavy (non-hydrogen) atoms. The first-order valence-corrected chi connectivity index (χ1v) is 11.4. The summed E-state index contributed by atoms with van der Waals surface area (Å²) in [5.74, 6) is 0.934. The summed E-state index contributed by atoms with van der Waals surface area (Å²) < 4.78 is 22.8. The summed E-state index contributed by atoms with van der Waals surface area (Å²) in [4.78, 5) is 14.5. The molecule has 0 aromatic heterocycles. The lowest BCUT2D eigenvalue weighted by atomic mass is 9.99. The Labute approximate surface area is 194 Å². The van der Waals surface area contributed by atoms with Crippen LogP contribution in [0.1, 0.15) is 42.6 Å². The monoisotopic (exact) mass is 453 g/mol. The molecule has 2 aromatic rings. The number of ether oxygens (including phenoxy) is 4. The van der Waals surface area contributed by atoms with E-state index in [4.69, 9.17) is 30.1 Å². The molecule has 0 amide bonds. The molecule has 176 valence electrons. The van der Waals surface area contributed by atoms with Gasteiger partial charge in [0, 0.05) is 31.5 Å². The minimum Gasteiger partial charge on any atom is -0.490 e. The predicted octanol–water partition coefficient (Wildman–Crippen LogP) is 3.18. The molecule has 0 spiro atoms. The number of esters is 1. The zero-order chi connectivity index (χ0) is 23.2. The Hall–Kier alpha value is -3.26. The van der Waals surface area contributed by atoms with Crippen molar-refractivity contribution >= 4 is 11.9 Å². The molecule has 2 aliphatic heterocycles. The Balaban J connectivity index is 1.50. The third-order valence-corrected chi connectivity index (χ3v) is 5.94. The van der Waals surface area contributed by atoms with Crippen molar-refractivity contribution < 1.29 is 23.7 Å². The number of nitrogens with zero attached hydrogens (tertiary/aromatic N) is 1. The van der Waals surface area contributed by atoms with Gasteiger partial charge >= 0.3 is 5.97 Å². The lowest BCUT2D eigenvalue weighted by molar-refractivity contribution is -0.151. The van der Waals surface area contributed by atoms with Gasteiger partial charge in [-0.05, 0) is 48.7 Å². The molecule has 3 N–H and O–H groups in total. The summed E-state index contributed by atoms with van der Waals surface area (Å²) in [6, 6.07) is 13.2. The van der Waals surface area contributed by atoms with Crippen LogP contribution in [0.2, 0.25) is 0 Å². The van der Waals surface area contributed by atoms with Gasteiger partial charge < -0.3 is 29.6 Å². The fourth-order valence-corrected chi connectivity index (χ4v) is 4.13. The number of carbonyl (C=O) groups excluding carboxylic acids is 1. The van der Waals surface area contributed by atoms with E-state index in [9.17, 15) is 4.79 Å². The van der Waals surface area contributed by atoms with E-state index < -0.39 is 12.1 Å². The lowest BCUT2D eigenvalue weighted by Gasteiger charge is -2.29. The Kier molecular flexibility index (Phi) is 7.34. The molecule has 1 fully saturated rings. The van der Waals surface area contributed by atoms with Crippen molar-refractivity contribution in [1.82, 2.24) is 4.90 Å². The van der Waals surface area contributed by atoms with Gasteiger partial charge in [0.1, 0.15) is 17.6 Å². The quantitative estimate of drug-likeness (QED) is 0.377. The average molecular weight is 454 g/mol. The van der Waals surface area contributed by atoms with E-state index in [1.807, 2.05) is 47.4 Å². The van der Waals surface area contributed by atoms with Gasteiger partial charge in [0.25, 0.3) is 0 Å². The Morgan fingerprint density at radius 2 is 1.88 bits per heavy atom. The normalized spacial score (nSPS) is 17.1. The van der Waals surface area contributed by atoms with Gasteiger partial charge in [0.2, 0.25) is 6.10 Å². The molecule has 2 heterocycles. The number of nitrogens with one attached hydrogen (secondary N) is 1. The van der Waals surface area contributed by atoms with Crippen molar-refractivity contribution in [2.75, 3.05) is 26.4 Å². The minimum atomic E-state index is -0.896. The van der Waals surface area contributed by atoms with Crippen LogP contribution >= 0.6 is 0 Å². The maximum absolute atomic E-state index is 12.7. The Bertz CT molecular complexity index is 973. The molecule has 2 aliphatic rings. The van der Waals surface area contributed by atoms with E-state index in [0.29, 0.717) is 31.1 Å². The summed E-state index contributed by atoms with van der Waals surface area (Å²) in [5, 5.41) is 7.71. The third-order valence-electron chi connectivity index (χ3n) is 5.94. The van der Waals surface area contributed by atoms with E-state index in [2.05, 4.69) is 0 Å². The van der Waals surface area contributed by atoms with Crippen LogP contribution in [0.3, 0.4) is 0 Å². The maximum Gasteiger partial charge on any atom is 0.352 e. The maximum atomic E-state index is 12.7. The van der Waals surface area contributed by atoms with E-state index in [1.54, 1.807) is 6.92 Å². The van der Waals surface area contributed by atoms with Crippen LogP contribution in [0.4, 0.5) is 0 Å². The van der Waals surface area contributed by atoms with Crippen LogP contribution in [0.5, 0.6) is 11.5 Å². The van der Waals surface area contributed by atoms with Gasteiger partial charge in [-0.15, -0.1) is 0 Å². The molecule has 1 unspecified atom stereocenters. The Morgan fingerprint density at radius 1 is 1.15 bits per heavy atom. The fourth-order valence-electron chi connectivity index (χ4n) is 4.13. The number of fused-ring (bicyclic) bond motifs is 1. The van der Waals surface area contributed by atoms with Crippen molar-refractivity contribution in [2.45, 2.75) is 44.9 Å². The lowest BCUT2D eigenvalue weighted by Crippen LogP contribution is -2.40. The first-order chi connectivity index (χ1) is 16.0. The Morgan fingerprint density at radius 3 is 2.58 bits per heavy atom. The molecule has 0 bridgehead atoms. The molecule has 8 heteroatoms. The van der Waals surface area contributed by atoms with E-state index in [0.717, 1.165) is 37.1 Å². The van der Waals surface area contributed by atoms with Crippen LogP contribution in [0.15, 0.2) is 42.5 Å². The minimum absolute atomic E-state index is 0.0550. The number of hydrogen-bond acceptors (Lipinski definition) is 6. The fraction of sp³-hybridized carbons (Fsp3) is 0.440. The first-order valence-electron chi connectivity index (χ1n) is 11.4. The molecule has 1 atom stereocenters. The summed E-state index contributed by atoms with van der Waals surface area (Å²) in [7, 11) is 0. The summed E-state index contributed by atoms with van der Waals surface area (Å²) in [6.07, 6.45) is 1.80. The smallest absolute Gasteiger partial charge is 0.352 e. The second kappa shape index (κ2) is 10.6. The van der Waals surface area contributed by atoms with Crippen molar-refractivity contribution in [1.29, 1.82) is 5.41 Å². The highest BCUT2D eigenvalue weighted by Crippen LogP contribution is 2.29. The van der Waals surface area contributed by atoms with Crippen molar-refractivity contribution in [2.24, 2.45) is 5.73 Å². The van der Waals surface area contributed by atoms with Gasteiger partial charge in [-0.3, -0.25) is 5.41 Å². The van der Waals surface area contributed by atoms with Gasteiger partial charge in [0.15, 0.2) is 5.96 Å². The van der Waals surface area contributed by atoms with Gasteiger partial charge in [-0.1, -0.05) is 18.2 Å². The summed E-state index contributed by atoms with van der Waals surface area (Å²) in [6.45, 7) is 4.73. The van der Waals surface area contributed by atoms with E-state index >= 15 is 0 Å².